The van der Waals surface area contributed by atoms with E-state index in [1.807, 2.05) is 0 Å². The highest BCUT2D eigenvalue weighted by atomic mass is 32.1. The summed E-state index contributed by atoms with van der Waals surface area (Å²) in [7, 11) is 0. The lowest BCUT2D eigenvalue weighted by atomic mass is 9.86. The lowest BCUT2D eigenvalue weighted by Gasteiger charge is -2.19. The molecule has 0 aliphatic rings. The van der Waals surface area contributed by atoms with Crippen molar-refractivity contribution in [1.29, 1.82) is 0 Å². The van der Waals surface area contributed by atoms with Crippen molar-refractivity contribution < 1.29 is 0 Å². The summed E-state index contributed by atoms with van der Waals surface area (Å²) in [6.07, 6.45) is 0. The van der Waals surface area contributed by atoms with Gasteiger partial charge in [-0.3, -0.25) is 0 Å². The van der Waals surface area contributed by atoms with Crippen LogP contribution in [0.25, 0.3) is 11.1 Å². The van der Waals surface area contributed by atoms with E-state index in [1.165, 1.54) is 21.6 Å². The van der Waals surface area contributed by atoms with E-state index in [-0.39, 0.29) is 5.41 Å². The average Bonchev–Trinajstić information content (AvgIpc) is 2.76. The maximum absolute atomic E-state index is 5.74. The Bertz CT molecular complexity index is 488. The molecule has 0 aliphatic heterocycles. The molecule has 2 aromatic rings. The minimum Gasteiger partial charge on any atom is -0.326 e. The Kier molecular flexibility index (Phi) is 3.36. The van der Waals surface area contributed by atoms with Gasteiger partial charge in [0.25, 0.3) is 0 Å². The molecule has 0 bridgehead atoms. The molecule has 2 heteroatoms. The Morgan fingerprint density at radius 3 is 2.24 bits per heavy atom. The van der Waals surface area contributed by atoms with Gasteiger partial charge in [0.05, 0.1) is 0 Å². The van der Waals surface area contributed by atoms with Gasteiger partial charge in [0.2, 0.25) is 0 Å². The van der Waals surface area contributed by atoms with Crippen molar-refractivity contribution in [2.24, 2.45) is 5.73 Å². The third-order valence-electron chi connectivity index (χ3n) is 2.99. The number of hydrogen-bond donors (Lipinski definition) is 1. The molecular formula is C15H19NS. The molecule has 0 saturated carbocycles. The van der Waals surface area contributed by atoms with Crippen LogP contribution in [0.15, 0.2) is 35.7 Å². The minimum absolute atomic E-state index is 0.212. The maximum atomic E-state index is 5.74. The van der Waals surface area contributed by atoms with Crippen LogP contribution < -0.4 is 5.73 Å². The largest absolute Gasteiger partial charge is 0.326 e. The molecule has 2 rings (SSSR count). The first-order valence-electron chi connectivity index (χ1n) is 5.90. The van der Waals surface area contributed by atoms with Crippen LogP contribution in [0.4, 0.5) is 0 Å². The van der Waals surface area contributed by atoms with Crippen molar-refractivity contribution in [2.45, 2.75) is 32.7 Å². The highest BCUT2D eigenvalue weighted by Crippen LogP contribution is 2.30. The first-order chi connectivity index (χ1) is 8.02. The lowest BCUT2D eigenvalue weighted by molar-refractivity contribution is 0.590. The quantitative estimate of drug-likeness (QED) is 0.844. The molecule has 0 unspecified atom stereocenters. The summed E-state index contributed by atoms with van der Waals surface area (Å²) < 4.78 is 0. The standard InChI is InChI=1S/C15H19NS/c1-15(2,3)12-6-4-11(5-7-12)13-8-9-17-14(13)10-16/h4-9H,10,16H2,1-3H3. The third kappa shape index (κ3) is 2.59. The van der Waals surface area contributed by atoms with E-state index in [1.54, 1.807) is 11.3 Å². The van der Waals surface area contributed by atoms with Crippen molar-refractivity contribution in [3.05, 3.63) is 46.2 Å². The van der Waals surface area contributed by atoms with Crippen LogP contribution in [0.5, 0.6) is 0 Å². The Labute approximate surface area is 107 Å². The van der Waals surface area contributed by atoms with Gasteiger partial charge in [0, 0.05) is 11.4 Å². The third-order valence-corrected chi connectivity index (χ3v) is 3.94. The molecule has 17 heavy (non-hydrogen) atoms. The summed E-state index contributed by atoms with van der Waals surface area (Å²) in [5.74, 6) is 0. The molecule has 2 N–H and O–H groups in total. The Hall–Kier alpha value is -1.12. The molecule has 0 amide bonds. The molecular weight excluding hydrogens is 226 g/mol. The van der Waals surface area contributed by atoms with Crippen LogP contribution in [0, 0.1) is 0 Å². The van der Waals surface area contributed by atoms with Gasteiger partial charge >= 0.3 is 0 Å². The second-order valence-corrected chi connectivity index (χ2v) is 6.29. The van der Waals surface area contributed by atoms with Crippen LogP contribution in [0.1, 0.15) is 31.2 Å². The smallest absolute Gasteiger partial charge is 0.0280 e. The normalized spacial score (nSPS) is 11.8. The van der Waals surface area contributed by atoms with Gasteiger partial charge in [-0.15, -0.1) is 11.3 Å². The van der Waals surface area contributed by atoms with Gasteiger partial charge in [-0.25, -0.2) is 0 Å². The molecule has 1 aromatic heterocycles. The highest BCUT2D eigenvalue weighted by molar-refractivity contribution is 7.10. The maximum Gasteiger partial charge on any atom is 0.0280 e. The predicted octanol–water partition coefficient (Wildman–Crippen LogP) is 4.17. The summed E-state index contributed by atoms with van der Waals surface area (Å²) >= 11 is 1.73. The first kappa shape index (κ1) is 12.3. The van der Waals surface area contributed by atoms with Crippen LogP contribution in [0.3, 0.4) is 0 Å². The molecule has 1 nitrogen and oxygen atoms in total. The molecule has 0 fully saturated rings. The van der Waals surface area contributed by atoms with Crippen molar-refractivity contribution >= 4 is 11.3 Å². The number of benzene rings is 1. The molecule has 1 heterocycles. The zero-order valence-corrected chi connectivity index (χ0v) is 11.5. The molecule has 0 aliphatic carbocycles. The predicted molar refractivity (Wildman–Crippen MR) is 76.3 cm³/mol. The fourth-order valence-corrected chi connectivity index (χ4v) is 2.68. The van der Waals surface area contributed by atoms with E-state index in [9.17, 15) is 0 Å². The number of nitrogens with two attached hydrogens (primary N) is 1. The first-order valence-corrected chi connectivity index (χ1v) is 6.77. The van der Waals surface area contributed by atoms with E-state index in [4.69, 9.17) is 5.73 Å². The molecule has 0 atom stereocenters. The Morgan fingerprint density at radius 1 is 1.06 bits per heavy atom. The average molecular weight is 245 g/mol. The second kappa shape index (κ2) is 4.63. The van der Waals surface area contributed by atoms with Crippen molar-refractivity contribution in [2.75, 3.05) is 0 Å². The van der Waals surface area contributed by atoms with Gasteiger partial charge in [0.15, 0.2) is 0 Å². The fourth-order valence-electron chi connectivity index (χ4n) is 1.91. The van der Waals surface area contributed by atoms with E-state index in [2.05, 4.69) is 56.5 Å². The summed E-state index contributed by atoms with van der Waals surface area (Å²) in [6, 6.07) is 11.0. The van der Waals surface area contributed by atoms with Crippen molar-refractivity contribution in [3.8, 4) is 11.1 Å². The zero-order chi connectivity index (χ0) is 12.5. The summed E-state index contributed by atoms with van der Waals surface area (Å²) in [4.78, 5) is 1.26. The number of thiophene rings is 1. The molecule has 0 spiro atoms. The van der Waals surface area contributed by atoms with Crippen LogP contribution in [-0.2, 0) is 12.0 Å². The highest BCUT2D eigenvalue weighted by Gasteiger charge is 2.13. The Balaban J connectivity index is 2.36. The number of rotatable bonds is 2. The number of hydrogen-bond acceptors (Lipinski definition) is 2. The van der Waals surface area contributed by atoms with Crippen molar-refractivity contribution in [1.82, 2.24) is 0 Å². The van der Waals surface area contributed by atoms with Crippen LogP contribution in [-0.4, -0.2) is 0 Å². The molecule has 90 valence electrons. The second-order valence-electron chi connectivity index (χ2n) is 5.29. The van der Waals surface area contributed by atoms with Crippen LogP contribution >= 0.6 is 11.3 Å². The van der Waals surface area contributed by atoms with Crippen molar-refractivity contribution in [3.63, 3.8) is 0 Å². The van der Waals surface area contributed by atoms with E-state index >= 15 is 0 Å². The monoisotopic (exact) mass is 245 g/mol. The van der Waals surface area contributed by atoms with Gasteiger partial charge in [-0.05, 0) is 33.6 Å². The zero-order valence-electron chi connectivity index (χ0n) is 10.7. The fraction of sp³-hybridized carbons (Fsp3) is 0.333. The van der Waals surface area contributed by atoms with Gasteiger partial charge < -0.3 is 5.73 Å². The van der Waals surface area contributed by atoms with Gasteiger partial charge in [-0.2, -0.15) is 0 Å². The van der Waals surface area contributed by atoms with Gasteiger partial charge in [-0.1, -0.05) is 45.0 Å². The van der Waals surface area contributed by atoms with Crippen LogP contribution in [0.2, 0.25) is 0 Å². The summed E-state index contributed by atoms with van der Waals surface area (Å²) in [6.45, 7) is 7.32. The molecule has 1 aromatic carbocycles. The van der Waals surface area contributed by atoms with Gasteiger partial charge in [0.1, 0.15) is 0 Å². The van der Waals surface area contributed by atoms with E-state index in [0.29, 0.717) is 6.54 Å². The Morgan fingerprint density at radius 2 is 1.71 bits per heavy atom. The minimum atomic E-state index is 0.212. The van der Waals surface area contributed by atoms with E-state index in [0.717, 1.165) is 0 Å². The summed E-state index contributed by atoms with van der Waals surface area (Å²) in [5.41, 5.74) is 9.86. The van der Waals surface area contributed by atoms with E-state index < -0.39 is 0 Å². The SMILES string of the molecule is CC(C)(C)c1ccc(-c2ccsc2CN)cc1. The topological polar surface area (TPSA) is 26.0 Å². The molecule has 0 saturated heterocycles. The summed E-state index contributed by atoms with van der Waals surface area (Å²) in [5, 5.41) is 2.11. The molecule has 0 radical (unpaired) electrons. The lowest BCUT2D eigenvalue weighted by Crippen LogP contribution is -2.10.